The number of halogens is 1. The molecule has 4 heteroatoms. The van der Waals surface area contributed by atoms with Crippen LogP contribution in [0.1, 0.15) is 24.9 Å². The zero-order valence-electron chi connectivity index (χ0n) is 10.3. The summed E-state index contributed by atoms with van der Waals surface area (Å²) in [6.07, 6.45) is 1.21. The molecule has 1 aromatic rings. The SMILES string of the molecule is COC1CCN(c2cccc(F)c2[C@H](C)N)C1. The average molecular weight is 238 g/mol. The molecule has 1 aromatic carbocycles. The molecule has 3 nitrogen and oxygen atoms in total. The smallest absolute Gasteiger partial charge is 0.130 e. The van der Waals surface area contributed by atoms with Crippen LogP contribution in [-0.2, 0) is 4.74 Å². The van der Waals surface area contributed by atoms with E-state index in [0.29, 0.717) is 5.56 Å². The molecule has 1 aliphatic rings. The minimum atomic E-state index is -0.298. The van der Waals surface area contributed by atoms with Gasteiger partial charge in [-0.15, -0.1) is 0 Å². The molecule has 1 fully saturated rings. The highest BCUT2D eigenvalue weighted by molar-refractivity contribution is 5.56. The topological polar surface area (TPSA) is 38.5 Å². The Morgan fingerprint density at radius 1 is 1.53 bits per heavy atom. The molecule has 1 saturated heterocycles. The number of methoxy groups -OCH3 is 1. The lowest BCUT2D eigenvalue weighted by Crippen LogP contribution is -2.25. The van der Waals surface area contributed by atoms with Crippen LogP contribution in [0.15, 0.2) is 18.2 Å². The predicted molar refractivity (Wildman–Crippen MR) is 66.6 cm³/mol. The summed E-state index contributed by atoms with van der Waals surface area (Å²) in [6, 6.07) is 4.83. The molecule has 17 heavy (non-hydrogen) atoms. The van der Waals surface area contributed by atoms with Gasteiger partial charge in [-0.1, -0.05) is 6.07 Å². The van der Waals surface area contributed by atoms with Gasteiger partial charge in [0, 0.05) is 37.5 Å². The van der Waals surface area contributed by atoms with E-state index in [9.17, 15) is 4.39 Å². The van der Waals surface area contributed by atoms with Crippen molar-refractivity contribution < 1.29 is 9.13 Å². The Morgan fingerprint density at radius 3 is 2.88 bits per heavy atom. The van der Waals surface area contributed by atoms with E-state index in [1.54, 1.807) is 13.2 Å². The summed E-state index contributed by atoms with van der Waals surface area (Å²) in [6.45, 7) is 3.51. The van der Waals surface area contributed by atoms with Gasteiger partial charge in [0.2, 0.25) is 0 Å². The first-order valence-electron chi connectivity index (χ1n) is 5.95. The number of hydrogen-bond acceptors (Lipinski definition) is 3. The minimum absolute atomic E-state index is 0.224. The van der Waals surface area contributed by atoms with Crippen molar-refractivity contribution >= 4 is 5.69 Å². The van der Waals surface area contributed by atoms with Crippen molar-refractivity contribution in [1.82, 2.24) is 0 Å². The first-order valence-corrected chi connectivity index (χ1v) is 5.95. The van der Waals surface area contributed by atoms with E-state index in [0.717, 1.165) is 25.2 Å². The van der Waals surface area contributed by atoms with Crippen molar-refractivity contribution in [3.05, 3.63) is 29.6 Å². The van der Waals surface area contributed by atoms with Crippen molar-refractivity contribution in [2.24, 2.45) is 5.73 Å². The zero-order chi connectivity index (χ0) is 12.4. The van der Waals surface area contributed by atoms with Crippen LogP contribution in [0.5, 0.6) is 0 Å². The Labute approximate surface area is 101 Å². The number of nitrogens with zero attached hydrogens (tertiary/aromatic N) is 1. The monoisotopic (exact) mass is 238 g/mol. The molecule has 0 amide bonds. The first kappa shape index (κ1) is 12.3. The molecular formula is C13H19FN2O. The molecular weight excluding hydrogens is 219 g/mol. The molecule has 1 heterocycles. The lowest BCUT2D eigenvalue weighted by atomic mass is 10.1. The van der Waals surface area contributed by atoms with Crippen molar-refractivity contribution in [3.8, 4) is 0 Å². The molecule has 1 unspecified atom stereocenters. The molecule has 0 spiro atoms. The highest BCUT2D eigenvalue weighted by Gasteiger charge is 2.25. The second-order valence-corrected chi connectivity index (χ2v) is 4.55. The van der Waals surface area contributed by atoms with E-state index in [4.69, 9.17) is 10.5 Å². The summed E-state index contributed by atoms with van der Waals surface area (Å²) in [7, 11) is 1.71. The molecule has 2 atom stereocenters. The highest BCUT2D eigenvalue weighted by atomic mass is 19.1. The molecule has 0 bridgehead atoms. The number of benzene rings is 1. The Morgan fingerprint density at radius 2 is 2.29 bits per heavy atom. The van der Waals surface area contributed by atoms with Crippen molar-refractivity contribution in [1.29, 1.82) is 0 Å². The Balaban J connectivity index is 2.29. The summed E-state index contributed by atoms with van der Waals surface area (Å²) in [5.41, 5.74) is 7.36. The molecule has 0 saturated carbocycles. The summed E-state index contributed by atoms with van der Waals surface area (Å²) < 4.78 is 19.1. The summed E-state index contributed by atoms with van der Waals surface area (Å²) in [4.78, 5) is 2.15. The lowest BCUT2D eigenvalue weighted by molar-refractivity contribution is 0.121. The Kier molecular flexibility index (Phi) is 3.64. The molecule has 2 N–H and O–H groups in total. The van der Waals surface area contributed by atoms with Crippen molar-refractivity contribution in [3.63, 3.8) is 0 Å². The van der Waals surface area contributed by atoms with E-state index in [1.807, 2.05) is 13.0 Å². The van der Waals surface area contributed by atoms with Crippen molar-refractivity contribution in [2.45, 2.75) is 25.5 Å². The van der Waals surface area contributed by atoms with E-state index in [2.05, 4.69) is 4.90 Å². The van der Waals surface area contributed by atoms with Crippen LogP contribution in [0.25, 0.3) is 0 Å². The standard InChI is InChI=1S/C13H19FN2O/c1-9(15)13-11(14)4-3-5-12(13)16-7-6-10(8-16)17-2/h3-5,9-10H,6-8,15H2,1-2H3/t9-,10?/m0/s1. The van der Waals surface area contributed by atoms with Crippen LogP contribution in [-0.4, -0.2) is 26.3 Å². The number of hydrogen-bond donors (Lipinski definition) is 1. The minimum Gasteiger partial charge on any atom is -0.380 e. The summed E-state index contributed by atoms with van der Waals surface area (Å²) in [5.74, 6) is -0.224. The van der Waals surface area contributed by atoms with E-state index in [1.165, 1.54) is 6.07 Å². The van der Waals surface area contributed by atoms with Gasteiger partial charge >= 0.3 is 0 Å². The molecule has 94 valence electrons. The van der Waals surface area contributed by atoms with Crippen LogP contribution < -0.4 is 10.6 Å². The fourth-order valence-electron chi connectivity index (χ4n) is 2.39. The van der Waals surface area contributed by atoms with Gasteiger partial charge in [-0.3, -0.25) is 0 Å². The second kappa shape index (κ2) is 5.02. The third kappa shape index (κ3) is 2.42. The third-order valence-electron chi connectivity index (χ3n) is 3.30. The van der Waals surface area contributed by atoms with Crippen molar-refractivity contribution in [2.75, 3.05) is 25.1 Å². The second-order valence-electron chi connectivity index (χ2n) is 4.55. The largest absolute Gasteiger partial charge is 0.380 e. The summed E-state index contributed by atoms with van der Waals surface area (Å²) in [5, 5.41) is 0. The van der Waals surface area contributed by atoms with Crippen LogP contribution in [0, 0.1) is 5.82 Å². The van der Waals surface area contributed by atoms with Gasteiger partial charge in [0.1, 0.15) is 5.82 Å². The van der Waals surface area contributed by atoms with Gasteiger partial charge < -0.3 is 15.4 Å². The lowest BCUT2D eigenvalue weighted by Gasteiger charge is -2.23. The van der Waals surface area contributed by atoms with Gasteiger partial charge in [0.05, 0.1) is 6.10 Å². The zero-order valence-corrected chi connectivity index (χ0v) is 10.3. The third-order valence-corrected chi connectivity index (χ3v) is 3.30. The maximum atomic E-state index is 13.8. The van der Waals surface area contributed by atoms with Gasteiger partial charge in [0.15, 0.2) is 0 Å². The van der Waals surface area contributed by atoms with E-state index < -0.39 is 0 Å². The molecule has 0 radical (unpaired) electrons. The van der Waals surface area contributed by atoms with Gasteiger partial charge in [-0.05, 0) is 25.5 Å². The Bertz CT molecular complexity index is 395. The van der Waals surface area contributed by atoms with Gasteiger partial charge in [-0.25, -0.2) is 4.39 Å². The number of nitrogens with two attached hydrogens (primary N) is 1. The Hall–Kier alpha value is -1.13. The molecule has 0 aliphatic carbocycles. The average Bonchev–Trinajstić information content (AvgIpc) is 2.76. The van der Waals surface area contributed by atoms with Gasteiger partial charge in [0.25, 0.3) is 0 Å². The quantitative estimate of drug-likeness (QED) is 0.876. The van der Waals surface area contributed by atoms with Gasteiger partial charge in [-0.2, -0.15) is 0 Å². The van der Waals surface area contributed by atoms with Crippen LogP contribution in [0.3, 0.4) is 0 Å². The molecule has 2 rings (SSSR count). The maximum Gasteiger partial charge on any atom is 0.130 e. The van der Waals surface area contributed by atoms with Crippen LogP contribution in [0.4, 0.5) is 10.1 Å². The maximum absolute atomic E-state index is 13.8. The molecule has 0 aromatic heterocycles. The van der Waals surface area contributed by atoms with Crippen LogP contribution in [0.2, 0.25) is 0 Å². The normalized spacial score (nSPS) is 21.9. The summed E-state index contributed by atoms with van der Waals surface area (Å²) >= 11 is 0. The van der Waals surface area contributed by atoms with E-state index >= 15 is 0 Å². The van der Waals surface area contributed by atoms with Crippen LogP contribution >= 0.6 is 0 Å². The number of rotatable bonds is 3. The predicted octanol–water partition coefficient (Wildman–Crippen LogP) is 2.07. The number of anilines is 1. The fourth-order valence-corrected chi connectivity index (χ4v) is 2.39. The highest BCUT2D eigenvalue weighted by Crippen LogP contribution is 2.30. The number of ether oxygens (including phenoxy) is 1. The van der Waals surface area contributed by atoms with E-state index in [-0.39, 0.29) is 18.0 Å². The fraction of sp³-hybridized carbons (Fsp3) is 0.538. The first-order chi connectivity index (χ1) is 8.13. The molecule has 1 aliphatic heterocycles.